The Morgan fingerprint density at radius 2 is 1.64 bits per heavy atom. The minimum atomic E-state index is -4.43. The Labute approximate surface area is 160 Å². The Hall–Kier alpha value is -3.46. The topological polar surface area (TPSA) is 38.3 Å². The second kappa shape index (κ2) is 8.49. The highest BCUT2D eigenvalue weighted by molar-refractivity contribution is 5.94. The minimum Gasteiger partial charge on any atom is -0.480 e. The number of ether oxygens (including phenoxy) is 1. The molecule has 0 unspecified atom stereocenters. The first-order valence-electron chi connectivity index (χ1n) is 8.47. The first kappa shape index (κ1) is 19.3. The largest absolute Gasteiger partial charge is 0.480 e. The summed E-state index contributed by atoms with van der Waals surface area (Å²) in [6.45, 7) is 0.225. The van der Waals surface area contributed by atoms with Gasteiger partial charge in [0.25, 0.3) is 5.91 Å². The number of nitrogens with one attached hydrogen (secondary N) is 1. The fourth-order valence-electron chi connectivity index (χ4n) is 2.59. The van der Waals surface area contributed by atoms with Gasteiger partial charge in [0, 0.05) is 10.9 Å². The number of carbonyl (C=O) groups excluding carboxylic acids is 1. The van der Waals surface area contributed by atoms with Crippen LogP contribution in [-0.2, 0) is 6.18 Å². The first-order valence-corrected chi connectivity index (χ1v) is 8.47. The first-order chi connectivity index (χ1) is 13.4. The van der Waals surface area contributed by atoms with Crippen LogP contribution in [0.3, 0.4) is 0 Å². The highest BCUT2D eigenvalue weighted by atomic mass is 19.4. The van der Waals surface area contributed by atoms with Crippen LogP contribution in [0.25, 0.3) is 10.8 Å². The van der Waals surface area contributed by atoms with E-state index in [0.29, 0.717) is 0 Å². The lowest BCUT2D eigenvalue weighted by molar-refractivity contribution is -0.137. The molecule has 0 radical (unpaired) electrons. The van der Waals surface area contributed by atoms with Gasteiger partial charge in [-0.05, 0) is 35.7 Å². The Bertz CT molecular complexity index is 1030. The lowest BCUT2D eigenvalue weighted by Gasteiger charge is -2.07. The molecular formula is C22H16F3NO2. The van der Waals surface area contributed by atoms with Crippen molar-refractivity contribution in [3.05, 3.63) is 77.9 Å². The van der Waals surface area contributed by atoms with E-state index in [1.54, 1.807) is 0 Å². The molecule has 0 aliphatic carbocycles. The van der Waals surface area contributed by atoms with E-state index in [9.17, 15) is 18.0 Å². The second-order valence-electron chi connectivity index (χ2n) is 5.88. The summed E-state index contributed by atoms with van der Waals surface area (Å²) in [5, 5.41) is 4.59. The monoisotopic (exact) mass is 383 g/mol. The zero-order chi connectivity index (χ0) is 20.0. The van der Waals surface area contributed by atoms with E-state index >= 15 is 0 Å². The lowest BCUT2D eigenvalue weighted by atomic mass is 10.1. The van der Waals surface area contributed by atoms with E-state index in [2.05, 4.69) is 17.2 Å². The maximum Gasteiger partial charge on any atom is 0.416 e. The fraction of sp³-hybridized carbons (Fsp3) is 0.136. The minimum absolute atomic E-state index is 0.0682. The zero-order valence-corrected chi connectivity index (χ0v) is 14.7. The third-order valence-electron chi connectivity index (χ3n) is 3.99. The van der Waals surface area contributed by atoms with Crippen molar-refractivity contribution >= 4 is 16.7 Å². The molecule has 1 amide bonds. The molecule has 3 aromatic rings. The van der Waals surface area contributed by atoms with Crippen molar-refractivity contribution < 1.29 is 22.7 Å². The Morgan fingerprint density at radius 3 is 2.39 bits per heavy atom. The van der Waals surface area contributed by atoms with Crippen LogP contribution in [0.4, 0.5) is 13.2 Å². The smallest absolute Gasteiger partial charge is 0.416 e. The number of fused-ring (bicyclic) bond motifs is 1. The summed E-state index contributed by atoms with van der Waals surface area (Å²) in [6, 6.07) is 17.6. The number of benzene rings is 3. The van der Waals surface area contributed by atoms with Crippen molar-refractivity contribution in [2.75, 3.05) is 13.2 Å². The Morgan fingerprint density at radius 1 is 0.929 bits per heavy atom. The van der Waals surface area contributed by atoms with Crippen LogP contribution in [0.2, 0.25) is 0 Å². The Balaban J connectivity index is 1.49. The quantitative estimate of drug-likeness (QED) is 0.665. The second-order valence-corrected chi connectivity index (χ2v) is 5.88. The molecule has 0 aliphatic heterocycles. The molecule has 28 heavy (non-hydrogen) atoms. The van der Waals surface area contributed by atoms with Gasteiger partial charge in [-0.3, -0.25) is 4.79 Å². The van der Waals surface area contributed by atoms with Crippen LogP contribution in [0.1, 0.15) is 15.9 Å². The molecule has 0 atom stereocenters. The average Bonchev–Trinajstić information content (AvgIpc) is 2.70. The Kier molecular flexibility index (Phi) is 5.85. The maximum atomic E-state index is 12.5. The highest BCUT2D eigenvalue weighted by Crippen LogP contribution is 2.29. The van der Waals surface area contributed by atoms with Crippen LogP contribution < -0.4 is 10.1 Å². The molecule has 3 rings (SSSR count). The molecule has 3 nitrogen and oxygen atoms in total. The van der Waals surface area contributed by atoms with Crippen molar-refractivity contribution in [2.45, 2.75) is 6.18 Å². The van der Waals surface area contributed by atoms with Gasteiger partial charge in [0.15, 0.2) is 0 Å². The number of hydrogen-bond donors (Lipinski definition) is 1. The zero-order valence-electron chi connectivity index (χ0n) is 14.7. The summed E-state index contributed by atoms with van der Waals surface area (Å²) in [5.74, 6) is 5.79. The summed E-state index contributed by atoms with van der Waals surface area (Å²) in [5.41, 5.74) is -0.656. The highest BCUT2D eigenvalue weighted by Gasteiger charge is 2.30. The molecule has 3 aromatic carbocycles. The van der Waals surface area contributed by atoms with Crippen molar-refractivity contribution in [1.82, 2.24) is 5.32 Å². The molecular weight excluding hydrogens is 367 g/mol. The van der Waals surface area contributed by atoms with E-state index in [-0.39, 0.29) is 18.7 Å². The van der Waals surface area contributed by atoms with E-state index < -0.39 is 17.6 Å². The lowest BCUT2D eigenvalue weighted by Crippen LogP contribution is -2.23. The number of carbonyl (C=O) groups is 1. The van der Waals surface area contributed by atoms with Crippen LogP contribution in [0.5, 0.6) is 5.75 Å². The summed E-state index contributed by atoms with van der Waals surface area (Å²) in [4.78, 5) is 11.9. The molecule has 0 aromatic heterocycles. The van der Waals surface area contributed by atoms with E-state index in [1.165, 1.54) is 0 Å². The number of hydrogen-bond acceptors (Lipinski definition) is 2. The van der Waals surface area contributed by atoms with Gasteiger partial charge in [0.05, 0.1) is 12.1 Å². The molecule has 142 valence electrons. The van der Waals surface area contributed by atoms with Crippen LogP contribution in [0, 0.1) is 11.8 Å². The number of halogens is 3. The number of amides is 1. The standard InChI is InChI=1S/C22H16F3NO2/c23-22(24,25)18-12-10-17(11-13-18)21(27)26-14-3-4-15-28-20-9-5-7-16-6-1-2-8-19(16)20/h1-2,5-13H,14-15H2,(H,26,27). The van der Waals surface area contributed by atoms with Gasteiger partial charge in [-0.2, -0.15) is 13.2 Å². The molecule has 0 fully saturated rings. The summed E-state index contributed by atoms with van der Waals surface area (Å²) < 4.78 is 43.2. The van der Waals surface area contributed by atoms with Crippen molar-refractivity contribution in [2.24, 2.45) is 0 Å². The van der Waals surface area contributed by atoms with Crippen LogP contribution >= 0.6 is 0 Å². The maximum absolute atomic E-state index is 12.5. The molecule has 0 bridgehead atoms. The third-order valence-corrected chi connectivity index (χ3v) is 3.99. The van der Waals surface area contributed by atoms with Gasteiger partial charge in [0.2, 0.25) is 0 Å². The molecule has 0 saturated heterocycles. The summed E-state index contributed by atoms with van der Waals surface area (Å²) in [7, 11) is 0. The van der Waals surface area contributed by atoms with Crippen molar-refractivity contribution in [1.29, 1.82) is 0 Å². The number of alkyl halides is 3. The predicted octanol–water partition coefficient (Wildman–Crippen LogP) is 4.67. The molecule has 0 heterocycles. The van der Waals surface area contributed by atoms with E-state index in [0.717, 1.165) is 40.8 Å². The van der Waals surface area contributed by atoms with Gasteiger partial charge in [-0.15, -0.1) is 0 Å². The number of rotatable bonds is 4. The normalized spacial score (nSPS) is 10.8. The van der Waals surface area contributed by atoms with Gasteiger partial charge >= 0.3 is 6.18 Å². The molecule has 1 N–H and O–H groups in total. The fourth-order valence-corrected chi connectivity index (χ4v) is 2.59. The van der Waals surface area contributed by atoms with Gasteiger partial charge < -0.3 is 10.1 Å². The van der Waals surface area contributed by atoms with Crippen LogP contribution in [0.15, 0.2) is 66.7 Å². The SMILES string of the molecule is O=C(NCC#CCOc1cccc2ccccc12)c1ccc(C(F)(F)F)cc1. The van der Waals surface area contributed by atoms with Gasteiger partial charge in [0.1, 0.15) is 12.4 Å². The van der Waals surface area contributed by atoms with E-state index in [4.69, 9.17) is 4.74 Å². The third kappa shape index (κ3) is 4.83. The van der Waals surface area contributed by atoms with Gasteiger partial charge in [-0.25, -0.2) is 0 Å². The van der Waals surface area contributed by atoms with Gasteiger partial charge in [-0.1, -0.05) is 48.2 Å². The average molecular weight is 383 g/mol. The molecule has 0 spiro atoms. The summed E-state index contributed by atoms with van der Waals surface area (Å²) in [6.07, 6.45) is -4.43. The summed E-state index contributed by atoms with van der Waals surface area (Å²) >= 11 is 0. The molecule has 0 saturated carbocycles. The van der Waals surface area contributed by atoms with Crippen molar-refractivity contribution in [3.8, 4) is 17.6 Å². The van der Waals surface area contributed by atoms with Crippen LogP contribution in [-0.4, -0.2) is 19.1 Å². The van der Waals surface area contributed by atoms with E-state index in [1.807, 2.05) is 42.5 Å². The molecule has 0 aliphatic rings. The predicted molar refractivity (Wildman–Crippen MR) is 101 cm³/mol. The molecule has 6 heteroatoms. The van der Waals surface area contributed by atoms with Crippen molar-refractivity contribution in [3.63, 3.8) is 0 Å².